The van der Waals surface area contributed by atoms with Gasteiger partial charge in [-0.2, -0.15) is 0 Å². The highest BCUT2D eigenvalue weighted by Gasteiger charge is 2.27. The number of benzene rings is 2. The Morgan fingerprint density at radius 2 is 0.838 bits per heavy atom. The first kappa shape index (κ1) is 70.1. The van der Waals surface area contributed by atoms with Gasteiger partial charge < -0.3 is 37.7 Å². The molecule has 0 saturated heterocycles. The fourth-order valence-electron chi connectivity index (χ4n) is 8.60. The Morgan fingerprint density at radius 1 is 0.500 bits per heavy atom. The monoisotopic (exact) mass is 1150 g/mol. The second-order valence-electron chi connectivity index (χ2n) is 21.2. The average Bonchev–Trinajstić information content (AvgIpc) is 3.40. The summed E-state index contributed by atoms with van der Waals surface area (Å²) in [6, 6.07) is 6.42. The Balaban J connectivity index is 1.58. The number of quaternary nitrogens is 1. The molecule has 0 bridgehead atoms. The highest BCUT2D eigenvalue weighted by atomic mass is 31.2. The van der Waals surface area contributed by atoms with Gasteiger partial charge in [-0.3, -0.25) is 64.2 Å². The minimum atomic E-state index is -4.73. The lowest BCUT2D eigenvalue weighted by molar-refractivity contribution is -0.870. The van der Waals surface area contributed by atoms with Crippen LogP contribution in [0.1, 0.15) is 180 Å². The predicted molar refractivity (Wildman–Crippen MR) is 299 cm³/mol. The number of carbonyl (C=O) groups excluding carboxylic acids is 4. The standard InChI is InChI=1S/C54H86N7O18P/c1-55(47-36-34-44(57(66)67)40-49(47)59(70)71)51(62)30-26-22-18-14-10-6-8-12-16-20-24-28-32-53(64)76-42-46(43-78-80(74,75)77-39-38-61(3,4)5)79-54(65)33-29-25-21-17-13-9-7-11-15-19-23-27-31-52(63)56(2)48-37-35-45(58(68)69)41-50(48)60(72)73/h34-37,40-41,46H,6-33,38-39,42-43H2,1-5H3/t46-/m1/s1. The molecule has 0 saturated carbocycles. The van der Waals surface area contributed by atoms with Crippen molar-refractivity contribution in [3.05, 3.63) is 76.9 Å². The number of nitro benzene ring substituents is 4. The summed E-state index contributed by atoms with van der Waals surface area (Å²) in [5, 5.41) is 45.0. The minimum Gasteiger partial charge on any atom is -0.756 e. The van der Waals surface area contributed by atoms with Crippen LogP contribution in [-0.2, 0) is 42.3 Å². The fourth-order valence-corrected chi connectivity index (χ4v) is 9.33. The smallest absolute Gasteiger partial charge is 0.306 e. The lowest BCUT2D eigenvalue weighted by Crippen LogP contribution is -2.37. The van der Waals surface area contributed by atoms with Crippen LogP contribution < -0.4 is 14.7 Å². The van der Waals surface area contributed by atoms with Gasteiger partial charge in [0.15, 0.2) is 6.10 Å². The van der Waals surface area contributed by atoms with Crippen molar-refractivity contribution in [3.8, 4) is 0 Å². The third-order valence-electron chi connectivity index (χ3n) is 13.4. The molecule has 2 rings (SSSR count). The second kappa shape index (κ2) is 38.6. The number of amides is 2. The number of phosphoric acid groups is 1. The molecule has 80 heavy (non-hydrogen) atoms. The summed E-state index contributed by atoms with van der Waals surface area (Å²) in [6.45, 7) is -0.635. The summed E-state index contributed by atoms with van der Waals surface area (Å²) < 4.78 is 33.9. The van der Waals surface area contributed by atoms with Crippen molar-refractivity contribution in [2.45, 2.75) is 186 Å². The van der Waals surface area contributed by atoms with Gasteiger partial charge in [0, 0.05) is 51.9 Å². The van der Waals surface area contributed by atoms with Crippen molar-refractivity contribution >= 4 is 65.7 Å². The van der Waals surface area contributed by atoms with E-state index >= 15 is 0 Å². The molecule has 2 amide bonds. The number of unbranched alkanes of at least 4 members (excludes halogenated alkanes) is 22. The molecule has 0 aliphatic carbocycles. The molecule has 0 fully saturated rings. The van der Waals surface area contributed by atoms with Crippen LogP contribution in [0.3, 0.4) is 0 Å². The Kier molecular flexibility index (Phi) is 33.8. The van der Waals surface area contributed by atoms with Gasteiger partial charge >= 0.3 is 11.9 Å². The number of rotatable bonds is 46. The van der Waals surface area contributed by atoms with Crippen LogP contribution in [-0.4, -0.2) is 116 Å². The van der Waals surface area contributed by atoms with Gasteiger partial charge in [0.1, 0.15) is 31.1 Å². The molecule has 2 aromatic carbocycles. The summed E-state index contributed by atoms with van der Waals surface area (Å²) >= 11 is 0. The topological polar surface area (TPSA) is 324 Å². The Bertz CT molecular complexity index is 2330. The number of carbonyl (C=O) groups is 4. The van der Waals surface area contributed by atoms with Gasteiger partial charge in [-0.15, -0.1) is 0 Å². The Hall–Kier alpha value is -6.01. The normalized spacial score (nSPS) is 12.5. The average molecular weight is 1150 g/mol. The number of ether oxygens (including phenoxy) is 2. The SMILES string of the molecule is CN(C(=O)CCCCCCCCCCCCCCC(=O)OC[C@H](COP(=O)([O-])OCC[N+](C)(C)C)OC(=O)CCCCCCCCCCCCCCC(=O)N(C)c1ccc([N+](=O)[O-])cc1[N+](=O)[O-])c1ccc([N+](=O)[O-])cc1[N+](=O)[O-]. The quantitative estimate of drug-likeness (QED) is 0.0148. The largest absolute Gasteiger partial charge is 0.756 e. The third-order valence-corrected chi connectivity index (χ3v) is 14.4. The van der Waals surface area contributed by atoms with E-state index in [2.05, 4.69) is 0 Å². The number of esters is 2. The zero-order valence-electron chi connectivity index (χ0n) is 47.6. The van der Waals surface area contributed by atoms with Crippen LogP contribution in [0.25, 0.3) is 0 Å². The van der Waals surface area contributed by atoms with Gasteiger partial charge in [0.2, 0.25) is 11.8 Å². The van der Waals surface area contributed by atoms with Crippen molar-refractivity contribution in [3.63, 3.8) is 0 Å². The molecule has 0 aliphatic rings. The Labute approximate surface area is 469 Å². The molecule has 2 aromatic rings. The van der Waals surface area contributed by atoms with Gasteiger partial charge in [0.05, 0.1) is 59.6 Å². The van der Waals surface area contributed by atoms with Gasteiger partial charge in [0.25, 0.3) is 30.6 Å². The summed E-state index contributed by atoms with van der Waals surface area (Å²) in [5.41, 5.74) is -1.81. The molecule has 0 aliphatic heterocycles. The Morgan fingerprint density at radius 3 is 1.18 bits per heavy atom. The van der Waals surface area contributed by atoms with E-state index in [4.69, 9.17) is 18.5 Å². The fraction of sp³-hybridized carbons (Fsp3) is 0.704. The maximum atomic E-state index is 12.8. The van der Waals surface area contributed by atoms with E-state index in [1.807, 2.05) is 21.1 Å². The molecule has 0 radical (unpaired) electrons. The number of nitrogens with zero attached hydrogens (tertiary/aromatic N) is 7. The highest BCUT2D eigenvalue weighted by Crippen LogP contribution is 2.39. The number of hydrogen-bond donors (Lipinski definition) is 0. The summed E-state index contributed by atoms with van der Waals surface area (Å²) in [4.78, 5) is 108. The maximum absolute atomic E-state index is 12.8. The lowest BCUT2D eigenvalue weighted by atomic mass is 10.0. The first-order valence-electron chi connectivity index (χ1n) is 28.1. The summed E-state index contributed by atoms with van der Waals surface area (Å²) in [7, 11) is 3.76. The molecule has 1 unspecified atom stereocenters. The molecule has 26 heteroatoms. The molecule has 2 atom stereocenters. The van der Waals surface area contributed by atoms with Crippen molar-refractivity contribution in [1.82, 2.24) is 0 Å². The van der Waals surface area contributed by atoms with E-state index in [9.17, 15) is 69.1 Å². The number of nitro groups is 4. The molecule has 0 N–H and O–H groups in total. The molecule has 0 spiro atoms. The van der Waals surface area contributed by atoms with Gasteiger partial charge in [-0.25, -0.2) is 0 Å². The summed E-state index contributed by atoms with van der Waals surface area (Å²) in [6.07, 6.45) is 21.6. The number of non-ortho nitro benzene ring substituents is 2. The minimum absolute atomic E-state index is 0.0110. The van der Waals surface area contributed by atoms with Crippen molar-refractivity contribution in [2.24, 2.45) is 0 Å². The third kappa shape index (κ3) is 30.5. The van der Waals surface area contributed by atoms with Crippen LogP contribution in [0.5, 0.6) is 0 Å². The van der Waals surface area contributed by atoms with E-state index in [0.717, 1.165) is 153 Å². The predicted octanol–water partition coefficient (Wildman–Crippen LogP) is 11.5. The summed E-state index contributed by atoms with van der Waals surface area (Å²) in [5.74, 6) is -1.65. The van der Waals surface area contributed by atoms with E-state index in [0.29, 0.717) is 36.7 Å². The first-order valence-corrected chi connectivity index (χ1v) is 29.5. The molecule has 25 nitrogen and oxygen atoms in total. The zero-order valence-corrected chi connectivity index (χ0v) is 48.5. The van der Waals surface area contributed by atoms with E-state index in [1.54, 1.807) is 0 Å². The van der Waals surface area contributed by atoms with Crippen LogP contribution in [0.15, 0.2) is 36.4 Å². The van der Waals surface area contributed by atoms with Crippen LogP contribution in [0.2, 0.25) is 0 Å². The lowest BCUT2D eigenvalue weighted by Gasteiger charge is -2.28. The second-order valence-corrected chi connectivity index (χ2v) is 22.6. The zero-order chi connectivity index (χ0) is 59.5. The highest BCUT2D eigenvalue weighted by molar-refractivity contribution is 7.45. The molecule has 0 aromatic heterocycles. The number of likely N-dealkylation sites (N-methyl/N-ethyl adjacent to an activating group) is 1. The molecular weight excluding hydrogens is 1070 g/mol. The number of phosphoric ester groups is 1. The van der Waals surface area contributed by atoms with Gasteiger partial charge in [-0.05, 0) is 37.8 Å². The maximum Gasteiger partial charge on any atom is 0.306 e. The van der Waals surface area contributed by atoms with Gasteiger partial charge in [-0.1, -0.05) is 128 Å². The van der Waals surface area contributed by atoms with Crippen molar-refractivity contribution in [2.75, 3.05) is 71.4 Å². The van der Waals surface area contributed by atoms with Crippen LogP contribution >= 0.6 is 7.82 Å². The number of anilines is 2. The number of hydrogen-bond acceptors (Lipinski definition) is 18. The van der Waals surface area contributed by atoms with Crippen LogP contribution in [0.4, 0.5) is 34.1 Å². The van der Waals surface area contributed by atoms with E-state index in [1.165, 1.54) is 36.0 Å². The van der Waals surface area contributed by atoms with E-state index < -0.39 is 74.9 Å². The molecular formula is C54H86N7O18P. The van der Waals surface area contributed by atoms with Crippen LogP contribution in [0, 0.1) is 40.5 Å². The van der Waals surface area contributed by atoms with E-state index in [-0.39, 0.29) is 62.1 Å². The molecule has 0 heterocycles. The van der Waals surface area contributed by atoms with Crippen molar-refractivity contribution < 1.29 is 71.3 Å². The first-order chi connectivity index (χ1) is 37.9. The van der Waals surface area contributed by atoms with Crippen molar-refractivity contribution in [1.29, 1.82) is 0 Å². The molecule has 450 valence electrons.